The molecule has 0 saturated carbocycles. The lowest BCUT2D eigenvalue weighted by atomic mass is 10.0. The summed E-state index contributed by atoms with van der Waals surface area (Å²) in [6.07, 6.45) is 2.07. The minimum atomic E-state index is -0.320. The molecule has 106 valence electrons. The Morgan fingerprint density at radius 3 is 2.83 bits per heavy atom. The van der Waals surface area contributed by atoms with Gasteiger partial charge in [0.05, 0.1) is 25.2 Å². The van der Waals surface area contributed by atoms with Crippen LogP contribution in [0.3, 0.4) is 0 Å². The van der Waals surface area contributed by atoms with Gasteiger partial charge in [-0.2, -0.15) is 0 Å². The molecule has 0 aromatic rings. The van der Waals surface area contributed by atoms with Crippen LogP contribution in [-0.4, -0.2) is 49.5 Å². The highest BCUT2D eigenvalue weighted by molar-refractivity contribution is 5.79. The van der Waals surface area contributed by atoms with Crippen molar-refractivity contribution in [3.8, 4) is 0 Å². The molecule has 0 aromatic carbocycles. The van der Waals surface area contributed by atoms with E-state index < -0.39 is 0 Å². The van der Waals surface area contributed by atoms with Crippen LogP contribution in [0.1, 0.15) is 33.1 Å². The van der Waals surface area contributed by atoms with Crippen LogP contribution in [0.2, 0.25) is 0 Å². The number of aliphatic hydroxyl groups excluding tert-OH is 1. The molecule has 5 heteroatoms. The summed E-state index contributed by atoms with van der Waals surface area (Å²) in [6.45, 7) is 6.57. The molecule has 1 saturated heterocycles. The Morgan fingerprint density at radius 2 is 2.17 bits per heavy atom. The third-order valence-electron chi connectivity index (χ3n) is 3.32. The van der Waals surface area contributed by atoms with Crippen molar-refractivity contribution in [1.82, 2.24) is 10.6 Å². The van der Waals surface area contributed by atoms with Gasteiger partial charge in [0.2, 0.25) is 5.91 Å². The van der Waals surface area contributed by atoms with E-state index >= 15 is 0 Å². The highest BCUT2D eigenvalue weighted by Gasteiger charge is 2.33. The van der Waals surface area contributed by atoms with Gasteiger partial charge >= 0.3 is 0 Å². The fourth-order valence-electron chi connectivity index (χ4n) is 2.04. The number of hydrogen-bond donors (Lipinski definition) is 3. The van der Waals surface area contributed by atoms with E-state index in [4.69, 9.17) is 4.74 Å². The zero-order valence-electron chi connectivity index (χ0n) is 11.4. The number of nitrogens with one attached hydrogen (secondary N) is 2. The Labute approximate surface area is 109 Å². The molecule has 1 aliphatic heterocycles. The third kappa shape index (κ3) is 4.92. The molecular weight excluding hydrogens is 232 g/mol. The molecule has 0 aliphatic carbocycles. The maximum absolute atomic E-state index is 12.0. The number of carbonyl (C=O) groups is 1. The van der Waals surface area contributed by atoms with Crippen LogP contribution in [0.25, 0.3) is 0 Å². The Balaban J connectivity index is 2.27. The highest BCUT2D eigenvalue weighted by atomic mass is 16.5. The molecule has 5 nitrogen and oxygen atoms in total. The zero-order valence-corrected chi connectivity index (χ0v) is 11.4. The molecular formula is C13H26N2O3. The Bertz CT molecular complexity index is 248. The minimum Gasteiger partial charge on any atom is -0.393 e. The van der Waals surface area contributed by atoms with Gasteiger partial charge in [-0.1, -0.05) is 13.8 Å². The highest BCUT2D eigenvalue weighted by Crippen LogP contribution is 2.14. The molecule has 0 radical (unpaired) electrons. The van der Waals surface area contributed by atoms with Gasteiger partial charge in [-0.05, 0) is 25.8 Å². The predicted octanol–water partition coefficient (Wildman–Crippen LogP) is 0.278. The van der Waals surface area contributed by atoms with Gasteiger partial charge in [0.25, 0.3) is 0 Å². The predicted molar refractivity (Wildman–Crippen MR) is 70.3 cm³/mol. The normalized spacial score (nSPS) is 25.1. The second-order valence-electron chi connectivity index (χ2n) is 4.85. The number of aliphatic hydroxyl groups is 1. The van der Waals surface area contributed by atoms with Crippen LogP contribution in [0.4, 0.5) is 0 Å². The van der Waals surface area contributed by atoms with Crippen LogP contribution < -0.4 is 10.6 Å². The van der Waals surface area contributed by atoms with E-state index in [1.807, 2.05) is 6.92 Å². The maximum atomic E-state index is 12.0. The van der Waals surface area contributed by atoms with Crippen molar-refractivity contribution in [3.63, 3.8) is 0 Å². The first-order valence-corrected chi connectivity index (χ1v) is 6.95. The van der Waals surface area contributed by atoms with Gasteiger partial charge < -0.3 is 20.5 Å². The van der Waals surface area contributed by atoms with E-state index in [-0.39, 0.29) is 24.0 Å². The number of amides is 1. The van der Waals surface area contributed by atoms with Crippen molar-refractivity contribution in [3.05, 3.63) is 0 Å². The second kappa shape index (κ2) is 8.45. The third-order valence-corrected chi connectivity index (χ3v) is 3.32. The zero-order chi connectivity index (χ0) is 13.4. The van der Waals surface area contributed by atoms with Crippen molar-refractivity contribution in [2.75, 3.05) is 26.3 Å². The van der Waals surface area contributed by atoms with Gasteiger partial charge in [-0.25, -0.2) is 0 Å². The SMILES string of the molecule is CCCNC1COCC1C(=O)NCCC(O)CC. The van der Waals surface area contributed by atoms with E-state index in [9.17, 15) is 9.90 Å². The van der Waals surface area contributed by atoms with Crippen molar-refractivity contribution < 1.29 is 14.6 Å². The molecule has 1 heterocycles. The van der Waals surface area contributed by atoms with Gasteiger partial charge in [-0.15, -0.1) is 0 Å². The molecule has 3 N–H and O–H groups in total. The summed E-state index contributed by atoms with van der Waals surface area (Å²) in [7, 11) is 0. The summed E-state index contributed by atoms with van der Waals surface area (Å²) in [6, 6.07) is 0.126. The summed E-state index contributed by atoms with van der Waals surface area (Å²) in [5.41, 5.74) is 0. The van der Waals surface area contributed by atoms with Crippen LogP contribution >= 0.6 is 0 Å². The Morgan fingerprint density at radius 1 is 1.39 bits per heavy atom. The molecule has 1 aliphatic rings. The number of hydrogen-bond acceptors (Lipinski definition) is 4. The Hall–Kier alpha value is -0.650. The number of ether oxygens (including phenoxy) is 1. The molecule has 1 fully saturated rings. The molecule has 0 spiro atoms. The average Bonchev–Trinajstić information content (AvgIpc) is 2.84. The molecule has 0 bridgehead atoms. The topological polar surface area (TPSA) is 70.6 Å². The summed E-state index contributed by atoms with van der Waals surface area (Å²) in [5, 5.41) is 15.6. The Kier molecular flexibility index (Phi) is 7.23. The monoisotopic (exact) mass is 258 g/mol. The molecule has 18 heavy (non-hydrogen) atoms. The molecule has 3 unspecified atom stereocenters. The quantitative estimate of drug-likeness (QED) is 0.585. The lowest BCUT2D eigenvalue weighted by Gasteiger charge is -2.18. The molecule has 3 atom stereocenters. The smallest absolute Gasteiger partial charge is 0.227 e. The number of carbonyl (C=O) groups excluding carboxylic acids is 1. The van der Waals surface area contributed by atoms with E-state index in [2.05, 4.69) is 17.6 Å². The standard InChI is InChI=1S/C13H26N2O3/c1-3-6-14-12-9-18-8-11(12)13(17)15-7-5-10(16)4-2/h10-12,14,16H,3-9H2,1-2H3,(H,15,17). The van der Waals surface area contributed by atoms with Crippen LogP contribution in [-0.2, 0) is 9.53 Å². The summed E-state index contributed by atoms with van der Waals surface area (Å²) in [5.74, 6) is -0.0697. The first kappa shape index (κ1) is 15.4. The first-order valence-electron chi connectivity index (χ1n) is 6.95. The van der Waals surface area contributed by atoms with Crippen molar-refractivity contribution in [2.24, 2.45) is 5.92 Å². The van der Waals surface area contributed by atoms with E-state index in [1.165, 1.54) is 0 Å². The van der Waals surface area contributed by atoms with Gasteiger partial charge in [0.1, 0.15) is 0 Å². The van der Waals surface area contributed by atoms with E-state index in [1.54, 1.807) is 0 Å². The minimum absolute atomic E-state index is 0.0319. The molecule has 0 aromatic heterocycles. The molecule has 1 rings (SSSR count). The summed E-state index contributed by atoms with van der Waals surface area (Å²) < 4.78 is 5.36. The molecule has 1 amide bonds. The first-order chi connectivity index (χ1) is 8.69. The van der Waals surface area contributed by atoms with Crippen molar-refractivity contribution >= 4 is 5.91 Å². The fourth-order valence-corrected chi connectivity index (χ4v) is 2.04. The van der Waals surface area contributed by atoms with Gasteiger partial charge in [-0.3, -0.25) is 4.79 Å². The van der Waals surface area contributed by atoms with E-state index in [0.29, 0.717) is 26.2 Å². The van der Waals surface area contributed by atoms with Crippen LogP contribution in [0.15, 0.2) is 0 Å². The maximum Gasteiger partial charge on any atom is 0.227 e. The largest absolute Gasteiger partial charge is 0.393 e. The van der Waals surface area contributed by atoms with Gasteiger partial charge in [0, 0.05) is 12.6 Å². The average molecular weight is 258 g/mol. The fraction of sp³-hybridized carbons (Fsp3) is 0.923. The van der Waals surface area contributed by atoms with Crippen LogP contribution in [0.5, 0.6) is 0 Å². The van der Waals surface area contributed by atoms with Crippen LogP contribution in [0, 0.1) is 5.92 Å². The lowest BCUT2D eigenvalue weighted by molar-refractivity contribution is -0.125. The van der Waals surface area contributed by atoms with E-state index in [0.717, 1.165) is 19.4 Å². The van der Waals surface area contributed by atoms with Gasteiger partial charge in [0.15, 0.2) is 0 Å². The number of rotatable bonds is 8. The lowest BCUT2D eigenvalue weighted by Crippen LogP contribution is -2.44. The second-order valence-corrected chi connectivity index (χ2v) is 4.85. The van der Waals surface area contributed by atoms with Crippen molar-refractivity contribution in [1.29, 1.82) is 0 Å². The summed E-state index contributed by atoms with van der Waals surface area (Å²) in [4.78, 5) is 12.0. The van der Waals surface area contributed by atoms with Crippen molar-refractivity contribution in [2.45, 2.75) is 45.3 Å². The summed E-state index contributed by atoms with van der Waals surface area (Å²) >= 11 is 0.